The lowest BCUT2D eigenvalue weighted by molar-refractivity contribution is 0.300. The van der Waals surface area contributed by atoms with Gasteiger partial charge in [0.05, 0.1) is 17.6 Å². The van der Waals surface area contributed by atoms with Crippen LogP contribution in [0.4, 0.5) is 0 Å². The number of rotatable bonds is 6. The summed E-state index contributed by atoms with van der Waals surface area (Å²) in [6.07, 6.45) is 6.12. The van der Waals surface area contributed by atoms with Gasteiger partial charge in [0.25, 0.3) is 0 Å². The number of pyridine rings is 2. The Labute approximate surface area is 126 Å². The van der Waals surface area contributed by atoms with E-state index in [0.29, 0.717) is 12.6 Å². The maximum Gasteiger partial charge on any atom is 0.138 e. The van der Waals surface area contributed by atoms with Gasteiger partial charge in [0.15, 0.2) is 0 Å². The Kier molecular flexibility index (Phi) is 4.28. The Bertz CT molecular complexity index is 552. The molecule has 1 N–H and O–H groups in total. The average molecular weight is 334 g/mol. The van der Waals surface area contributed by atoms with Crippen molar-refractivity contribution in [2.24, 2.45) is 0 Å². The Hall–Kier alpha value is -1.46. The highest BCUT2D eigenvalue weighted by molar-refractivity contribution is 9.10. The molecule has 0 bridgehead atoms. The van der Waals surface area contributed by atoms with E-state index >= 15 is 0 Å². The largest absolute Gasteiger partial charge is 0.486 e. The van der Waals surface area contributed by atoms with Crippen LogP contribution in [-0.4, -0.2) is 16.0 Å². The van der Waals surface area contributed by atoms with Gasteiger partial charge in [-0.2, -0.15) is 0 Å². The van der Waals surface area contributed by atoms with E-state index < -0.39 is 0 Å². The highest BCUT2D eigenvalue weighted by atomic mass is 79.9. The molecule has 0 aromatic carbocycles. The van der Waals surface area contributed by atoms with Crippen LogP contribution in [-0.2, 0) is 13.2 Å². The summed E-state index contributed by atoms with van der Waals surface area (Å²) in [6.45, 7) is 1.29. The zero-order valence-corrected chi connectivity index (χ0v) is 12.6. The fourth-order valence-corrected chi connectivity index (χ4v) is 2.02. The van der Waals surface area contributed by atoms with Gasteiger partial charge in [-0.05, 0) is 53.0 Å². The van der Waals surface area contributed by atoms with Crippen LogP contribution in [0.25, 0.3) is 0 Å². The van der Waals surface area contributed by atoms with E-state index in [4.69, 9.17) is 4.74 Å². The van der Waals surface area contributed by atoms with Crippen molar-refractivity contribution in [3.8, 4) is 5.75 Å². The van der Waals surface area contributed by atoms with E-state index in [1.54, 1.807) is 12.4 Å². The summed E-state index contributed by atoms with van der Waals surface area (Å²) in [5.74, 6) is 0.768. The maximum atomic E-state index is 5.66. The molecule has 0 spiro atoms. The quantitative estimate of drug-likeness (QED) is 0.882. The second-order valence-electron chi connectivity index (χ2n) is 4.90. The maximum absolute atomic E-state index is 5.66. The van der Waals surface area contributed by atoms with Crippen molar-refractivity contribution in [2.75, 3.05) is 0 Å². The van der Waals surface area contributed by atoms with Gasteiger partial charge in [0, 0.05) is 23.3 Å². The minimum absolute atomic E-state index is 0.453. The van der Waals surface area contributed by atoms with Crippen LogP contribution in [0.2, 0.25) is 0 Å². The number of hydrogen-bond donors (Lipinski definition) is 1. The molecule has 1 fully saturated rings. The van der Waals surface area contributed by atoms with Crippen LogP contribution in [0.5, 0.6) is 5.75 Å². The summed E-state index contributed by atoms with van der Waals surface area (Å²) >= 11 is 3.36. The molecule has 0 aliphatic heterocycles. The SMILES string of the molecule is Brc1ccc(COc2ccc(CNC3CC3)nc2)nc1. The molecule has 2 aromatic heterocycles. The highest BCUT2D eigenvalue weighted by Gasteiger charge is 2.19. The molecule has 0 radical (unpaired) electrons. The summed E-state index contributed by atoms with van der Waals surface area (Å²) in [6, 6.07) is 8.55. The van der Waals surface area contributed by atoms with Gasteiger partial charge >= 0.3 is 0 Å². The Morgan fingerprint density at radius 3 is 2.55 bits per heavy atom. The zero-order chi connectivity index (χ0) is 13.8. The van der Waals surface area contributed by atoms with E-state index in [0.717, 1.165) is 28.2 Å². The summed E-state index contributed by atoms with van der Waals surface area (Å²) in [5, 5.41) is 3.44. The third kappa shape index (κ3) is 4.02. The van der Waals surface area contributed by atoms with Crippen LogP contribution >= 0.6 is 15.9 Å². The molecule has 0 amide bonds. The number of aromatic nitrogens is 2. The smallest absolute Gasteiger partial charge is 0.138 e. The topological polar surface area (TPSA) is 47.0 Å². The molecular formula is C15H16BrN3O. The van der Waals surface area contributed by atoms with Gasteiger partial charge in [-0.3, -0.25) is 9.97 Å². The molecular weight excluding hydrogens is 318 g/mol. The standard InChI is InChI=1S/C15H16BrN3O/c16-11-1-2-14(17-7-11)10-20-15-6-5-13(19-9-15)8-18-12-3-4-12/h1-2,5-7,9,12,18H,3-4,8,10H2. The number of ether oxygens (including phenoxy) is 1. The molecule has 2 aromatic rings. The lowest BCUT2D eigenvalue weighted by atomic mass is 10.3. The highest BCUT2D eigenvalue weighted by Crippen LogP contribution is 2.19. The van der Waals surface area contributed by atoms with Crippen molar-refractivity contribution in [3.05, 3.63) is 52.5 Å². The van der Waals surface area contributed by atoms with Gasteiger partial charge < -0.3 is 10.1 Å². The minimum Gasteiger partial charge on any atom is -0.486 e. The second kappa shape index (κ2) is 6.33. The predicted molar refractivity (Wildman–Crippen MR) is 80.4 cm³/mol. The molecule has 4 nitrogen and oxygen atoms in total. The van der Waals surface area contributed by atoms with Crippen LogP contribution in [0.1, 0.15) is 24.2 Å². The molecule has 20 heavy (non-hydrogen) atoms. The normalized spacial score (nSPS) is 14.2. The molecule has 0 unspecified atom stereocenters. The first kappa shape index (κ1) is 13.5. The molecule has 1 aliphatic carbocycles. The van der Waals surface area contributed by atoms with Crippen LogP contribution < -0.4 is 10.1 Å². The number of hydrogen-bond acceptors (Lipinski definition) is 4. The lowest BCUT2D eigenvalue weighted by Crippen LogP contribution is -2.16. The van der Waals surface area contributed by atoms with Crippen molar-refractivity contribution in [1.29, 1.82) is 0 Å². The third-order valence-electron chi connectivity index (χ3n) is 3.12. The lowest BCUT2D eigenvalue weighted by Gasteiger charge is -2.07. The first-order valence-corrected chi connectivity index (χ1v) is 7.50. The molecule has 2 heterocycles. The van der Waals surface area contributed by atoms with Crippen molar-refractivity contribution in [2.45, 2.75) is 32.0 Å². The summed E-state index contributed by atoms with van der Waals surface area (Å²) in [7, 11) is 0. The molecule has 1 aliphatic rings. The molecule has 5 heteroatoms. The second-order valence-corrected chi connectivity index (χ2v) is 5.81. The fourth-order valence-electron chi connectivity index (χ4n) is 1.79. The van der Waals surface area contributed by atoms with E-state index in [2.05, 4.69) is 31.2 Å². The van der Waals surface area contributed by atoms with Gasteiger partial charge in [-0.15, -0.1) is 0 Å². The monoisotopic (exact) mass is 333 g/mol. The van der Waals surface area contributed by atoms with Crippen molar-refractivity contribution in [1.82, 2.24) is 15.3 Å². The zero-order valence-electron chi connectivity index (χ0n) is 11.1. The molecule has 0 atom stereocenters. The van der Waals surface area contributed by atoms with E-state index in [1.807, 2.05) is 24.3 Å². The molecule has 104 valence electrons. The van der Waals surface area contributed by atoms with E-state index in [9.17, 15) is 0 Å². The number of nitrogens with zero attached hydrogens (tertiary/aromatic N) is 2. The van der Waals surface area contributed by atoms with E-state index in [-0.39, 0.29) is 0 Å². The summed E-state index contributed by atoms with van der Waals surface area (Å²) < 4.78 is 6.63. The Morgan fingerprint density at radius 2 is 1.90 bits per heavy atom. The van der Waals surface area contributed by atoms with Gasteiger partial charge in [0.1, 0.15) is 12.4 Å². The molecule has 0 saturated heterocycles. The summed E-state index contributed by atoms with van der Waals surface area (Å²) in [5.41, 5.74) is 1.94. The van der Waals surface area contributed by atoms with Gasteiger partial charge in [-0.25, -0.2) is 0 Å². The Morgan fingerprint density at radius 1 is 1.10 bits per heavy atom. The first-order chi connectivity index (χ1) is 9.79. The first-order valence-electron chi connectivity index (χ1n) is 6.71. The summed E-state index contributed by atoms with van der Waals surface area (Å²) in [4.78, 5) is 8.65. The Balaban J connectivity index is 1.50. The predicted octanol–water partition coefficient (Wildman–Crippen LogP) is 3.07. The third-order valence-corrected chi connectivity index (χ3v) is 3.59. The van der Waals surface area contributed by atoms with E-state index in [1.165, 1.54) is 12.8 Å². The molecule has 1 saturated carbocycles. The molecule has 3 rings (SSSR count). The van der Waals surface area contributed by atoms with Crippen molar-refractivity contribution < 1.29 is 4.74 Å². The average Bonchev–Trinajstić information content (AvgIpc) is 3.30. The van der Waals surface area contributed by atoms with Crippen LogP contribution in [0.3, 0.4) is 0 Å². The van der Waals surface area contributed by atoms with Crippen molar-refractivity contribution in [3.63, 3.8) is 0 Å². The van der Waals surface area contributed by atoms with Crippen LogP contribution in [0, 0.1) is 0 Å². The van der Waals surface area contributed by atoms with Crippen LogP contribution in [0.15, 0.2) is 41.1 Å². The van der Waals surface area contributed by atoms with Gasteiger partial charge in [-0.1, -0.05) is 0 Å². The number of halogens is 1. The number of nitrogens with one attached hydrogen (secondary N) is 1. The fraction of sp³-hybridized carbons (Fsp3) is 0.333. The minimum atomic E-state index is 0.453. The van der Waals surface area contributed by atoms with Gasteiger partial charge in [0.2, 0.25) is 0 Å². The van der Waals surface area contributed by atoms with Crippen molar-refractivity contribution >= 4 is 15.9 Å².